The molecule has 5 atom stereocenters. The van der Waals surface area contributed by atoms with Crippen molar-refractivity contribution in [3.8, 4) is 0 Å². The van der Waals surface area contributed by atoms with Crippen LogP contribution in [0.5, 0.6) is 0 Å². The summed E-state index contributed by atoms with van der Waals surface area (Å²) in [4.78, 5) is 71.5. The van der Waals surface area contributed by atoms with Gasteiger partial charge in [-0.05, 0) is 24.7 Å². The van der Waals surface area contributed by atoms with Gasteiger partial charge in [0.25, 0.3) is 0 Å². The van der Waals surface area contributed by atoms with Crippen molar-refractivity contribution in [2.75, 3.05) is 0 Å². The molecular formula is C21H37N5O8. The summed E-state index contributed by atoms with van der Waals surface area (Å²) in [7, 11) is 0. The van der Waals surface area contributed by atoms with E-state index in [0.717, 1.165) is 0 Å². The first-order valence-electron chi connectivity index (χ1n) is 11.1. The highest BCUT2D eigenvalue weighted by atomic mass is 16.4. The molecule has 0 saturated heterocycles. The lowest BCUT2D eigenvalue weighted by Crippen LogP contribution is -2.59. The van der Waals surface area contributed by atoms with E-state index in [0.29, 0.717) is 6.42 Å². The topological polar surface area (TPSA) is 231 Å². The van der Waals surface area contributed by atoms with Crippen LogP contribution in [0.25, 0.3) is 0 Å². The number of aliphatic carboxylic acids is 2. The second-order valence-electron chi connectivity index (χ2n) is 8.54. The number of carbonyl (C=O) groups is 6. The van der Waals surface area contributed by atoms with E-state index in [-0.39, 0.29) is 25.2 Å². The predicted molar refractivity (Wildman–Crippen MR) is 121 cm³/mol. The number of rotatable bonds is 16. The number of carbonyl (C=O) groups excluding carboxylic acids is 4. The zero-order chi connectivity index (χ0) is 26.6. The number of primary amides is 1. The van der Waals surface area contributed by atoms with Gasteiger partial charge in [0, 0.05) is 12.8 Å². The Morgan fingerprint density at radius 3 is 1.76 bits per heavy atom. The lowest BCUT2D eigenvalue weighted by Gasteiger charge is -2.27. The maximum absolute atomic E-state index is 12.9. The summed E-state index contributed by atoms with van der Waals surface area (Å²) in [5.74, 6) is -6.23. The fourth-order valence-electron chi connectivity index (χ4n) is 2.91. The third kappa shape index (κ3) is 11.1. The highest BCUT2D eigenvalue weighted by Gasteiger charge is 2.32. The summed E-state index contributed by atoms with van der Waals surface area (Å²) in [6.07, 6.45) is -0.558. The SMILES string of the molecule is CCC(C)C(N)C(=O)NC(CCC(N)=O)C(=O)NC(C(=O)NC(CCC(=O)O)C(=O)O)C(C)C. The Morgan fingerprint density at radius 2 is 1.32 bits per heavy atom. The molecule has 0 fully saturated rings. The van der Waals surface area contributed by atoms with Gasteiger partial charge in [-0.1, -0.05) is 34.1 Å². The lowest BCUT2D eigenvalue weighted by atomic mass is 9.98. The highest BCUT2D eigenvalue weighted by Crippen LogP contribution is 2.09. The molecule has 0 bridgehead atoms. The van der Waals surface area contributed by atoms with Crippen molar-refractivity contribution < 1.29 is 39.0 Å². The Hall–Kier alpha value is -3.22. The average Bonchev–Trinajstić information content (AvgIpc) is 2.75. The lowest BCUT2D eigenvalue weighted by molar-refractivity contribution is -0.143. The molecule has 194 valence electrons. The van der Waals surface area contributed by atoms with Crippen LogP contribution < -0.4 is 27.4 Å². The van der Waals surface area contributed by atoms with E-state index in [1.54, 1.807) is 20.8 Å². The molecule has 0 spiro atoms. The van der Waals surface area contributed by atoms with Gasteiger partial charge < -0.3 is 37.6 Å². The van der Waals surface area contributed by atoms with Gasteiger partial charge in [-0.2, -0.15) is 0 Å². The number of hydrogen-bond donors (Lipinski definition) is 7. The minimum atomic E-state index is -1.47. The summed E-state index contributed by atoms with van der Waals surface area (Å²) in [6, 6.07) is -4.79. The van der Waals surface area contributed by atoms with Gasteiger partial charge in [0.05, 0.1) is 6.04 Å². The largest absolute Gasteiger partial charge is 0.481 e. The average molecular weight is 488 g/mol. The Balaban J connectivity index is 5.52. The molecule has 13 heteroatoms. The molecule has 0 aromatic rings. The van der Waals surface area contributed by atoms with Crippen LogP contribution in [0.1, 0.15) is 59.8 Å². The van der Waals surface area contributed by atoms with Crippen LogP contribution in [-0.2, 0) is 28.8 Å². The Morgan fingerprint density at radius 1 is 0.794 bits per heavy atom. The molecule has 0 saturated carbocycles. The van der Waals surface area contributed by atoms with Crippen LogP contribution in [0, 0.1) is 11.8 Å². The van der Waals surface area contributed by atoms with Gasteiger partial charge in [-0.15, -0.1) is 0 Å². The first-order chi connectivity index (χ1) is 15.7. The normalized spacial score (nSPS) is 15.4. The fraction of sp³-hybridized carbons (Fsp3) is 0.714. The van der Waals surface area contributed by atoms with Crippen molar-refractivity contribution in [3.05, 3.63) is 0 Å². The Bertz CT molecular complexity index is 757. The second kappa shape index (κ2) is 14.8. The van der Waals surface area contributed by atoms with Crippen LogP contribution in [-0.4, -0.2) is 69.9 Å². The smallest absolute Gasteiger partial charge is 0.326 e. The van der Waals surface area contributed by atoms with Crippen LogP contribution in [0.2, 0.25) is 0 Å². The monoisotopic (exact) mass is 487 g/mol. The molecule has 0 heterocycles. The minimum Gasteiger partial charge on any atom is -0.481 e. The summed E-state index contributed by atoms with van der Waals surface area (Å²) in [5.41, 5.74) is 11.1. The number of carboxylic acid groups (broad SMARTS) is 2. The van der Waals surface area contributed by atoms with Gasteiger partial charge in [-0.25, -0.2) is 4.79 Å². The van der Waals surface area contributed by atoms with E-state index in [9.17, 15) is 33.9 Å². The molecule has 0 rings (SSSR count). The van der Waals surface area contributed by atoms with E-state index in [2.05, 4.69) is 16.0 Å². The number of amides is 4. The van der Waals surface area contributed by atoms with Crippen LogP contribution >= 0.6 is 0 Å². The third-order valence-corrected chi connectivity index (χ3v) is 5.38. The molecular weight excluding hydrogens is 450 g/mol. The second-order valence-corrected chi connectivity index (χ2v) is 8.54. The number of carboxylic acids is 2. The van der Waals surface area contributed by atoms with Gasteiger partial charge in [0.2, 0.25) is 23.6 Å². The number of nitrogens with two attached hydrogens (primary N) is 2. The molecule has 9 N–H and O–H groups in total. The molecule has 0 aromatic carbocycles. The van der Waals surface area contributed by atoms with Crippen LogP contribution in [0.15, 0.2) is 0 Å². The van der Waals surface area contributed by atoms with Crippen LogP contribution in [0.3, 0.4) is 0 Å². The number of nitrogens with one attached hydrogen (secondary N) is 3. The van der Waals surface area contributed by atoms with E-state index >= 15 is 0 Å². The summed E-state index contributed by atoms with van der Waals surface area (Å²) < 4.78 is 0. The van der Waals surface area contributed by atoms with Crippen molar-refractivity contribution in [1.82, 2.24) is 16.0 Å². The van der Waals surface area contributed by atoms with Crippen molar-refractivity contribution in [3.63, 3.8) is 0 Å². The maximum atomic E-state index is 12.9. The quantitative estimate of drug-likeness (QED) is 0.137. The van der Waals surface area contributed by atoms with E-state index in [1.807, 2.05) is 6.92 Å². The van der Waals surface area contributed by atoms with Gasteiger partial charge >= 0.3 is 11.9 Å². The first kappa shape index (κ1) is 30.8. The van der Waals surface area contributed by atoms with E-state index in [4.69, 9.17) is 16.6 Å². The molecule has 0 aliphatic carbocycles. The predicted octanol–water partition coefficient (Wildman–Crippen LogP) is -1.31. The molecule has 34 heavy (non-hydrogen) atoms. The van der Waals surface area contributed by atoms with E-state index in [1.165, 1.54) is 0 Å². The molecule has 0 aliphatic rings. The van der Waals surface area contributed by atoms with Gasteiger partial charge in [0.1, 0.15) is 18.1 Å². The first-order valence-corrected chi connectivity index (χ1v) is 11.1. The minimum absolute atomic E-state index is 0.136. The third-order valence-electron chi connectivity index (χ3n) is 5.38. The summed E-state index contributed by atoms with van der Waals surface area (Å²) in [5, 5.41) is 25.2. The zero-order valence-electron chi connectivity index (χ0n) is 20.0. The Kier molecular flexibility index (Phi) is 13.4. The molecule has 13 nitrogen and oxygen atoms in total. The van der Waals surface area contributed by atoms with Gasteiger partial charge in [0.15, 0.2) is 0 Å². The molecule has 0 aromatic heterocycles. The van der Waals surface area contributed by atoms with E-state index < -0.39 is 72.1 Å². The van der Waals surface area contributed by atoms with Crippen molar-refractivity contribution in [2.45, 2.75) is 84.0 Å². The fourth-order valence-corrected chi connectivity index (χ4v) is 2.91. The van der Waals surface area contributed by atoms with Crippen LogP contribution in [0.4, 0.5) is 0 Å². The maximum Gasteiger partial charge on any atom is 0.326 e. The van der Waals surface area contributed by atoms with Gasteiger partial charge in [-0.3, -0.25) is 24.0 Å². The molecule has 4 amide bonds. The Labute approximate surface area is 198 Å². The van der Waals surface area contributed by atoms with Crippen molar-refractivity contribution in [1.29, 1.82) is 0 Å². The summed E-state index contributed by atoms with van der Waals surface area (Å²) in [6.45, 7) is 6.83. The molecule has 0 radical (unpaired) electrons. The zero-order valence-corrected chi connectivity index (χ0v) is 20.0. The molecule has 0 aliphatic heterocycles. The highest BCUT2D eigenvalue weighted by molar-refractivity contribution is 5.94. The standard InChI is InChI=1S/C21H37N5O8/c1-5-11(4)16(23)19(31)24-12(6-8-14(22)27)18(30)26-17(10(2)3)20(32)25-13(21(33)34)7-9-15(28)29/h10-13,16-17H,5-9,23H2,1-4H3,(H2,22,27)(H,24,31)(H,25,32)(H,26,30)(H,28,29)(H,33,34). The van der Waals surface area contributed by atoms with Crippen molar-refractivity contribution >= 4 is 35.6 Å². The number of hydrogen-bond acceptors (Lipinski definition) is 7. The summed E-state index contributed by atoms with van der Waals surface area (Å²) >= 11 is 0. The molecule has 5 unspecified atom stereocenters. The van der Waals surface area contributed by atoms with Crippen molar-refractivity contribution in [2.24, 2.45) is 23.3 Å².